The number of benzene rings is 1. The van der Waals surface area contributed by atoms with Crippen molar-refractivity contribution >= 4 is 41.0 Å². The topological polar surface area (TPSA) is 91.4 Å². The van der Waals surface area contributed by atoms with Crippen molar-refractivity contribution < 1.29 is 30.9 Å². The summed E-state index contributed by atoms with van der Waals surface area (Å²) in [5, 5.41) is 0. The van der Waals surface area contributed by atoms with Crippen molar-refractivity contribution in [2.45, 2.75) is 70.1 Å². The molecule has 0 spiro atoms. The van der Waals surface area contributed by atoms with Crippen molar-refractivity contribution in [2.75, 3.05) is 20.3 Å². The zero-order chi connectivity index (χ0) is 29.0. The largest absolute Gasteiger partial charge is 0.477 e. The van der Waals surface area contributed by atoms with Gasteiger partial charge in [-0.15, -0.1) is 0 Å². The maximum Gasteiger partial charge on any atom is 0.350 e. The maximum absolute atomic E-state index is 13.4. The standard InChI is InChI=1S/C26H43NO7SSi3/c1-26(2)21-32-24(27(26)3)18-17-23(35(29,30)22-15-12-11-13-16-22)25(28)31-19-14-20-38(10,33-36(4,5)6)34-37(7,8)9/h11-18,20H,19,21H2,1-10H3. The molecule has 0 radical (unpaired) electrons. The molecule has 0 atom stereocenters. The van der Waals surface area contributed by atoms with Crippen molar-refractivity contribution in [3.63, 3.8) is 0 Å². The highest BCUT2D eigenvalue weighted by molar-refractivity contribution is 7.96. The third-order valence-corrected chi connectivity index (χ3v) is 16.2. The Bertz CT molecular complexity index is 1170. The Balaban J connectivity index is 2.32. The number of nitrogens with zero attached hydrogens (tertiary/aromatic N) is 1. The van der Waals surface area contributed by atoms with Gasteiger partial charge in [0.25, 0.3) is 0 Å². The molecule has 212 valence electrons. The summed E-state index contributed by atoms with van der Waals surface area (Å²) in [6.07, 6.45) is 4.43. The second kappa shape index (κ2) is 12.0. The maximum atomic E-state index is 13.4. The zero-order valence-electron chi connectivity index (χ0n) is 24.3. The van der Waals surface area contributed by atoms with E-state index in [-0.39, 0.29) is 17.0 Å². The first-order chi connectivity index (χ1) is 17.3. The first kappa shape index (κ1) is 32.2. The highest BCUT2D eigenvalue weighted by Gasteiger charge is 2.38. The number of sulfone groups is 1. The lowest BCUT2D eigenvalue weighted by Crippen LogP contribution is -2.51. The molecule has 2 rings (SSSR count). The van der Waals surface area contributed by atoms with Crippen LogP contribution >= 0.6 is 0 Å². The van der Waals surface area contributed by atoms with Crippen molar-refractivity contribution in [1.29, 1.82) is 0 Å². The molecule has 12 heteroatoms. The van der Waals surface area contributed by atoms with Crippen LogP contribution in [0.1, 0.15) is 13.8 Å². The number of carbonyl (C=O) groups excluding carboxylic acids is 1. The highest BCUT2D eigenvalue weighted by Crippen LogP contribution is 2.28. The molecule has 1 heterocycles. The number of likely N-dealkylation sites (N-methyl/N-ethyl adjacent to an activating group) is 1. The molecule has 1 aromatic carbocycles. The van der Waals surface area contributed by atoms with E-state index in [0.29, 0.717) is 12.5 Å². The average molecular weight is 598 g/mol. The minimum Gasteiger partial charge on any atom is -0.477 e. The Morgan fingerprint density at radius 2 is 1.58 bits per heavy atom. The van der Waals surface area contributed by atoms with Crippen molar-refractivity contribution in [3.8, 4) is 0 Å². The highest BCUT2D eigenvalue weighted by atomic mass is 32.2. The summed E-state index contributed by atoms with van der Waals surface area (Å²) in [5.41, 5.74) is 1.62. The molecule has 1 aliphatic rings. The molecule has 0 unspecified atom stereocenters. The average Bonchev–Trinajstić information content (AvgIpc) is 3.01. The van der Waals surface area contributed by atoms with Crippen LogP contribution < -0.4 is 0 Å². The zero-order valence-corrected chi connectivity index (χ0v) is 28.1. The van der Waals surface area contributed by atoms with Gasteiger partial charge in [-0.3, -0.25) is 0 Å². The van der Waals surface area contributed by atoms with Crippen molar-refractivity contribution in [2.24, 2.45) is 0 Å². The van der Waals surface area contributed by atoms with Gasteiger partial charge in [0.2, 0.25) is 9.84 Å². The van der Waals surface area contributed by atoms with Crippen LogP contribution in [0.4, 0.5) is 0 Å². The number of allylic oxidation sites excluding steroid dienone is 2. The van der Waals surface area contributed by atoms with Gasteiger partial charge in [0.15, 0.2) is 27.4 Å². The lowest BCUT2D eigenvalue weighted by atomic mass is 10.1. The van der Waals surface area contributed by atoms with E-state index >= 15 is 0 Å². The minimum absolute atomic E-state index is 0.00483. The van der Waals surface area contributed by atoms with Crippen LogP contribution in [0.15, 0.2) is 69.9 Å². The summed E-state index contributed by atoms with van der Waals surface area (Å²) in [5.74, 6) is -0.479. The number of hydrogen-bond acceptors (Lipinski definition) is 8. The van der Waals surface area contributed by atoms with E-state index in [1.54, 1.807) is 24.3 Å². The molecule has 0 amide bonds. The van der Waals surface area contributed by atoms with Crippen LogP contribution in [0.2, 0.25) is 45.8 Å². The summed E-state index contributed by atoms with van der Waals surface area (Å²) in [7, 11) is -8.77. The summed E-state index contributed by atoms with van der Waals surface area (Å²) < 4.78 is 50.8. The Labute approximate surface area is 231 Å². The van der Waals surface area contributed by atoms with Gasteiger partial charge >= 0.3 is 14.5 Å². The second-order valence-electron chi connectivity index (χ2n) is 12.0. The van der Waals surface area contributed by atoms with Crippen LogP contribution in [0.5, 0.6) is 0 Å². The van der Waals surface area contributed by atoms with Gasteiger partial charge in [0.1, 0.15) is 13.2 Å². The first-order valence-electron chi connectivity index (χ1n) is 12.6. The van der Waals surface area contributed by atoms with Crippen LogP contribution in [0, 0.1) is 0 Å². The Morgan fingerprint density at radius 3 is 2.05 bits per heavy atom. The lowest BCUT2D eigenvalue weighted by Gasteiger charge is -2.36. The molecule has 0 N–H and O–H groups in total. The number of ether oxygens (including phenoxy) is 2. The van der Waals surface area contributed by atoms with Gasteiger partial charge in [-0.05, 0) is 89.7 Å². The Hall–Kier alpha value is -1.97. The smallest absolute Gasteiger partial charge is 0.350 e. The molecule has 0 bridgehead atoms. The van der Waals surface area contributed by atoms with Gasteiger partial charge in [-0.2, -0.15) is 0 Å². The molecule has 1 saturated heterocycles. The van der Waals surface area contributed by atoms with E-state index in [1.165, 1.54) is 24.3 Å². The predicted octanol–water partition coefficient (Wildman–Crippen LogP) is 5.34. The third kappa shape index (κ3) is 9.35. The number of carbonyl (C=O) groups is 1. The van der Waals surface area contributed by atoms with E-state index in [9.17, 15) is 13.2 Å². The SMILES string of the molecule is CN1C(=CC=C(C(=O)OCC=C[Si](C)(O[Si](C)(C)C)O[Si](C)(C)C)S(=O)(=O)c2ccccc2)OCC1(C)C. The fourth-order valence-electron chi connectivity index (χ4n) is 3.81. The van der Waals surface area contributed by atoms with Gasteiger partial charge in [-0.25, -0.2) is 13.2 Å². The van der Waals surface area contributed by atoms with E-state index in [1.807, 2.05) is 38.0 Å². The quantitative estimate of drug-likeness (QED) is 0.192. The second-order valence-corrected chi connectivity index (χ2v) is 26.3. The van der Waals surface area contributed by atoms with Crippen LogP contribution in [-0.2, 0) is 32.3 Å². The van der Waals surface area contributed by atoms with E-state index < -0.39 is 45.9 Å². The molecular formula is C26H43NO7SSi3. The fraction of sp³-hybridized carbons (Fsp3) is 0.500. The van der Waals surface area contributed by atoms with Gasteiger partial charge in [0.05, 0.1) is 10.4 Å². The summed E-state index contributed by atoms with van der Waals surface area (Å²) in [6, 6.07) is 7.82. The molecule has 1 aliphatic heterocycles. The predicted molar refractivity (Wildman–Crippen MR) is 158 cm³/mol. The number of rotatable bonds is 11. The van der Waals surface area contributed by atoms with E-state index in [4.69, 9.17) is 17.7 Å². The number of esters is 1. The van der Waals surface area contributed by atoms with Crippen LogP contribution in [0.3, 0.4) is 0 Å². The van der Waals surface area contributed by atoms with E-state index in [2.05, 4.69) is 39.3 Å². The normalized spacial score (nSPS) is 18.2. The molecular weight excluding hydrogens is 555 g/mol. The van der Waals surface area contributed by atoms with Gasteiger partial charge in [-0.1, -0.05) is 24.3 Å². The summed E-state index contributed by atoms with van der Waals surface area (Å²) >= 11 is 0. The minimum atomic E-state index is -4.14. The van der Waals surface area contributed by atoms with Crippen molar-refractivity contribution in [3.05, 3.63) is 65.0 Å². The van der Waals surface area contributed by atoms with Crippen LogP contribution in [0.25, 0.3) is 0 Å². The first-order valence-corrected chi connectivity index (χ1v) is 23.3. The van der Waals surface area contributed by atoms with E-state index in [0.717, 1.165) is 0 Å². The molecule has 1 aromatic rings. The molecule has 8 nitrogen and oxygen atoms in total. The molecule has 0 aliphatic carbocycles. The Kier molecular flexibility index (Phi) is 10.2. The monoisotopic (exact) mass is 597 g/mol. The number of hydrogen-bond donors (Lipinski definition) is 0. The lowest BCUT2D eigenvalue weighted by molar-refractivity contribution is -0.137. The molecule has 1 fully saturated rings. The van der Waals surface area contributed by atoms with Gasteiger partial charge in [0, 0.05) is 7.05 Å². The Morgan fingerprint density at radius 1 is 1.03 bits per heavy atom. The van der Waals surface area contributed by atoms with Crippen molar-refractivity contribution in [1.82, 2.24) is 4.90 Å². The summed E-state index contributed by atoms with van der Waals surface area (Å²) in [6.45, 7) is 19.0. The molecule has 38 heavy (non-hydrogen) atoms. The summed E-state index contributed by atoms with van der Waals surface area (Å²) in [4.78, 5) is 14.6. The molecule has 0 saturated carbocycles. The fourth-order valence-corrected chi connectivity index (χ4v) is 16.4. The molecule has 0 aromatic heterocycles. The third-order valence-electron chi connectivity index (χ3n) is 5.48. The van der Waals surface area contributed by atoms with Gasteiger partial charge < -0.3 is 22.6 Å². The van der Waals surface area contributed by atoms with Crippen LogP contribution in [-0.4, -0.2) is 70.3 Å².